The molecule has 140 valence electrons. The van der Waals surface area contributed by atoms with Crippen LogP contribution in [0, 0.1) is 5.82 Å². The zero-order chi connectivity index (χ0) is 18.9. The highest BCUT2D eigenvalue weighted by molar-refractivity contribution is 5.79. The molecule has 0 aliphatic heterocycles. The highest BCUT2D eigenvalue weighted by atomic mass is 19.3. The molecular weight excluding hydrogens is 347 g/mol. The zero-order valence-electron chi connectivity index (χ0n) is 14.4. The molecule has 0 spiro atoms. The van der Waals surface area contributed by atoms with Gasteiger partial charge >= 0.3 is 6.61 Å². The largest absolute Gasteiger partial charge is 0.497 e. The van der Waals surface area contributed by atoms with Crippen molar-refractivity contribution in [2.45, 2.75) is 19.7 Å². The minimum absolute atomic E-state index is 0.0499. The summed E-state index contributed by atoms with van der Waals surface area (Å²) in [4.78, 5) is 4.05. The van der Waals surface area contributed by atoms with Crippen LogP contribution in [0.25, 0.3) is 0 Å². The Morgan fingerprint density at radius 1 is 1.12 bits per heavy atom. The number of alkyl halides is 2. The zero-order valence-corrected chi connectivity index (χ0v) is 14.4. The number of nitrogens with zero attached hydrogens (tertiary/aromatic N) is 1. The first-order chi connectivity index (χ1) is 12.5. The van der Waals surface area contributed by atoms with Gasteiger partial charge in [0.05, 0.1) is 7.11 Å². The van der Waals surface area contributed by atoms with E-state index in [1.54, 1.807) is 25.2 Å². The van der Waals surface area contributed by atoms with E-state index in [4.69, 9.17) is 4.74 Å². The molecule has 2 aromatic rings. The molecule has 8 heteroatoms. The number of rotatable bonds is 7. The Bertz CT molecular complexity index is 754. The van der Waals surface area contributed by atoms with E-state index in [-0.39, 0.29) is 18.1 Å². The van der Waals surface area contributed by atoms with E-state index in [1.165, 1.54) is 31.4 Å². The smallest absolute Gasteiger partial charge is 0.387 e. The van der Waals surface area contributed by atoms with Crippen molar-refractivity contribution in [2.24, 2.45) is 4.99 Å². The quantitative estimate of drug-likeness (QED) is 0.582. The molecule has 0 bridgehead atoms. The third-order valence-electron chi connectivity index (χ3n) is 3.50. The Kier molecular flexibility index (Phi) is 7.13. The summed E-state index contributed by atoms with van der Waals surface area (Å²) in [6.07, 6.45) is 0. The Hall–Kier alpha value is -2.90. The van der Waals surface area contributed by atoms with Crippen LogP contribution in [0.3, 0.4) is 0 Å². The second-order valence-corrected chi connectivity index (χ2v) is 5.26. The van der Waals surface area contributed by atoms with Crippen LogP contribution < -0.4 is 20.1 Å². The first-order valence-corrected chi connectivity index (χ1v) is 7.82. The van der Waals surface area contributed by atoms with Crippen LogP contribution in [-0.2, 0) is 13.1 Å². The normalized spacial score (nSPS) is 11.4. The number of hydrogen-bond acceptors (Lipinski definition) is 3. The molecular formula is C18H20F3N3O2. The monoisotopic (exact) mass is 367 g/mol. The van der Waals surface area contributed by atoms with E-state index >= 15 is 0 Å². The lowest BCUT2D eigenvalue weighted by Gasteiger charge is -2.15. The number of hydrogen-bond donors (Lipinski definition) is 2. The maximum Gasteiger partial charge on any atom is 0.387 e. The Morgan fingerprint density at radius 2 is 1.88 bits per heavy atom. The molecule has 0 saturated carbocycles. The lowest BCUT2D eigenvalue weighted by Crippen LogP contribution is -2.36. The van der Waals surface area contributed by atoms with Gasteiger partial charge in [-0.25, -0.2) is 4.39 Å². The van der Waals surface area contributed by atoms with Crippen LogP contribution in [0.5, 0.6) is 11.5 Å². The van der Waals surface area contributed by atoms with Crippen LogP contribution >= 0.6 is 0 Å². The van der Waals surface area contributed by atoms with Gasteiger partial charge in [-0.2, -0.15) is 8.78 Å². The highest BCUT2D eigenvalue weighted by Crippen LogP contribution is 2.25. The number of methoxy groups -OCH3 is 1. The topological polar surface area (TPSA) is 54.9 Å². The molecule has 26 heavy (non-hydrogen) atoms. The Labute approximate surface area is 149 Å². The standard InChI is InChI=1S/C18H20F3N3O2/c1-22-18(23-10-12-4-3-5-14(19)8-12)24-11-13-9-15(25-2)6-7-16(13)26-17(20)21/h3-9,17H,10-11H2,1-2H3,(H2,22,23,24). The van der Waals surface area contributed by atoms with E-state index in [1.807, 2.05) is 0 Å². The number of guanidine groups is 1. The van der Waals surface area contributed by atoms with Gasteiger partial charge in [0, 0.05) is 25.7 Å². The Morgan fingerprint density at radius 3 is 2.54 bits per heavy atom. The molecule has 0 amide bonds. The average Bonchev–Trinajstić information content (AvgIpc) is 2.62. The van der Waals surface area contributed by atoms with Gasteiger partial charge in [0.2, 0.25) is 0 Å². The van der Waals surface area contributed by atoms with Gasteiger partial charge in [0.25, 0.3) is 0 Å². The average molecular weight is 367 g/mol. The highest BCUT2D eigenvalue weighted by Gasteiger charge is 2.11. The number of aliphatic imine (C=N–C) groups is 1. The summed E-state index contributed by atoms with van der Waals surface area (Å²) < 4.78 is 47.9. The van der Waals surface area contributed by atoms with Crippen molar-refractivity contribution in [2.75, 3.05) is 14.2 Å². The fraction of sp³-hybridized carbons (Fsp3) is 0.278. The van der Waals surface area contributed by atoms with Crippen molar-refractivity contribution in [1.29, 1.82) is 0 Å². The lowest BCUT2D eigenvalue weighted by molar-refractivity contribution is -0.0504. The third-order valence-corrected chi connectivity index (χ3v) is 3.50. The molecule has 2 aromatic carbocycles. The first-order valence-electron chi connectivity index (χ1n) is 7.82. The summed E-state index contributed by atoms with van der Waals surface area (Å²) in [5, 5.41) is 6.02. The fourth-order valence-corrected chi connectivity index (χ4v) is 2.26. The molecule has 0 aliphatic rings. The summed E-state index contributed by atoms with van der Waals surface area (Å²) in [6, 6.07) is 10.7. The van der Waals surface area contributed by atoms with Crippen molar-refractivity contribution in [3.63, 3.8) is 0 Å². The molecule has 0 saturated heterocycles. The van der Waals surface area contributed by atoms with Gasteiger partial charge in [-0.15, -0.1) is 0 Å². The van der Waals surface area contributed by atoms with Crippen molar-refractivity contribution < 1.29 is 22.6 Å². The number of benzene rings is 2. The van der Waals surface area contributed by atoms with Crippen LogP contribution in [0.15, 0.2) is 47.5 Å². The van der Waals surface area contributed by atoms with Gasteiger partial charge in [-0.05, 0) is 35.9 Å². The molecule has 0 heterocycles. The van der Waals surface area contributed by atoms with E-state index in [0.29, 0.717) is 23.8 Å². The van der Waals surface area contributed by atoms with E-state index in [0.717, 1.165) is 5.56 Å². The van der Waals surface area contributed by atoms with Crippen molar-refractivity contribution in [1.82, 2.24) is 10.6 Å². The number of nitrogens with one attached hydrogen (secondary N) is 2. The molecule has 2 rings (SSSR count). The van der Waals surface area contributed by atoms with Crippen molar-refractivity contribution >= 4 is 5.96 Å². The molecule has 0 aromatic heterocycles. The van der Waals surface area contributed by atoms with Gasteiger partial charge in [-0.3, -0.25) is 4.99 Å². The van der Waals surface area contributed by atoms with Crippen LogP contribution in [0.4, 0.5) is 13.2 Å². The molecule has 2 N–H and O–H groups in total. The van der Waals surface area contributed by atoms with Crippen LogP contribution in [-0.4, -0.2) is 26.7 Å². The SMILES string of the molecule is CN=C(NCc1cccc(F)c1)NCc1cc(OC)ccc1OC(F)F. The summed E-state index contributed by atoms with van der Waals surface area (Å²) in [5.74, 6) is 0.678. The van der Waals surface area contributed by atoms with Crippen molar-refractivity contribution in [3.05, 3.63) is 59.4 Å². The first kappa shape index (κ1) is 19.4. The van der Waals surface area contributed by atoms with Gasteiger partial charge in [0.1, 0.15) is 17.3 Å². The maximum atomic E-state index is 13.2. The second kappa shape index (κ2) is 9.55. The third kappa shape index (κ3) is 5.87. The summed E-state index contributed by atoms with van der Waals surface area (Å²) in [5.41, 5.74) is 1.23. The molecule has 0 unspecified atom stereocenters. The Balaban J connectivity index is 2.00. The molecule has 5 nitrogen and oxygen atoms in total. The van der Waals surface area contributed by atoms with Crippen molar-refractivity contribution in [3.8, 4) is 11.5 Å². The summed E-state index contributed by atoms with van der Waals surface area (Å²) >= 11 is 0. The van der Waals surface area contributed by atoms with E-state index < -0.39 is 6.61 Å². The van der Waals surface area contributed by atoms with E-state index in [9.17, 15) is 13.2 Å². The van der Waals surface area contributed by atoms with Gasteiger partial charge in [-0.1, -0.05) is 12.1 Å². The minimum atomic E-state index is -2.92. The minimum Gasteiger partial charge on any atom is -0.497 e. The fourth-order valence-electron chi connectivity index (χ4n) is 2.26. The van der Waals surface area contributed by atoms with Crippen LogP contribution in [0.2, 0.25) is 0 Å². The molecule has 0 fully saturated rings. The predicted octanol–water partition coefficient (Wildman–Crippen LogP) is 3.30. The second-order valence-electron chi connectivity index (χ2n) is 5.26. The number of halogens is 3. The molecule has 0 atom stereocenters. The van der Waals surface area contributed by atoms with Crippen LogP contribution in [0.1, 0.15) is 11.1 Å². The van der Waals surface area contributed by atoms with E-state index in [2.05, 4.69) is 20.4 Å². The van der Waals surface area contributed by atoms with Gasteiger partial charge in [0.15, 0.2) is 5.96 Å². The summed E-state index contributed by atoms with van der Waals surface area (Å²) in [7, 11) is 3.06. The molecule has 0 aliphatic carbocycles. The molecule has 0 radical (unpaired) electrons. The summed E-state index contributed by atoms with van der Waals surface area (Å²) in [6.45, 7) is -2.38. The number of ether oxygens (including phenoxy) is 2. The lowest BCUT2D eigenvalue weighted by atomic mass is 10.2. The predicted molar refractivity (Wildman–Crippen MR) is 93.1 cm³/mol. The maximum absolute atomic E-state index is 13.2. The van der Waals surface area contributed by atoms with Gasteiger partial charge < -0.3 is 20.1 Å².